The first-order valence-electron chi connectivity index (χ1n) is 5.93. The Labute approximate surface area is 102 Å². The molecule has 3 N–H and O–H groups in total. The van der Waals surface area contributed by atoms with Crippen LogP contribution >= 0.6 is 0 Å². The highest BCUT2D eigenvalue weighted by Crippen LogP contribution is 2.08. The summed E-state index contributed by atoms with van der Waals surface area (Å²) in [6, 6.07) is 9.53. The van der Waals surface area contributed by atoms with Crippen LogP contribution in [-0.4, -0.2) is 25.1 Å². The van der Waals surface area contributed by atoms with Gasteiger partial charge in [-0.25, -0.2) is 0 Å². The monoisotopic (exact) mass is 236 g/mol. The summed E-state index contributed by atoms with van der Waals surface area (Å²) in [5, 5.41) is 2.86. The third-order valence-electron chi connectivity index (χ3n) is 2.48. The zero-order valence-electron chi connectivity index (χ0n) is 10.2. The van der Waals surface area contributed by atoms with Crippen molar-refractivity contribution in [2.24, 2.45) is 5.73 Å². The molecule has 0 heterocycles. The van der Waals surface area contributed by atoms with E-state index in [0.717, 1.165) is 12.2 Å². The Morgan fingerprint density at radius 2 is 2.12 bits per heavy atom. The van der Waals surface area contributed by atoms with Crippen molar-refractivity contribution in [3.05, 3.63) is 30.3 Å². The van der Waals surface area contributed by atoms with E-state index in [0.29, 0.717) is 19.6 Å². The molecule has 0 saturated heterocycles. The minimum absolute atomic E-state index is 0.0155. The zero-order valence-corrected chi connectivity index (χ0v) is 10.2. The Morgan fingerprint density at radius 1 is 1.41 bits per heavy atom. The molecule has 0 aliphatic carbocycles. The number of para-hydroxylation sites is 1. The molecule has 0 aliphatic rings. The Balaban J connectivity index is 2.20. The molecule has 94 valence electrons. The van der Waals surface area contributed by atoms with E-state index in [-0.39, 0.29) is 11.9 Å². The Bertz CT molecular complexity index is 323. The summed E-state index contributed by atoms with van der Waals surface area (Å²) in [5.41, 5.74) is 5.51. The van der Waals surface area contributed by atoms with E-state index in [4.69, 9.17) is 10.5 Å². The molecule has 1 unspecified atom stereocenters. The molecular weight excluding hydrogens is 216 g/mol. The van der Waals surface area contributed by atoms with Crippen LogP contribution in [0.5, 0.6) is 5.75 Å². The lowest BCUT2D eigenvalue weighted by molar-refractivity contribution is -0.122. The molecule has 1 atom stereocenters. The quantitative estimate of drug-likeness (QED) is 0.750. The molecular formula is C13H20N2O2. The number of carbonyl (C=O) groups is 1. The molecule has 17 heavy (non-hydrogen) atoms. The molecule has 0 aromatic heterocycles. The molecule has 0 fully saturated rings. The fourth-order valence-electron chi connectivity index (χ4n) is 1.41. The molecule has 0 bridgehead atoms. The highest BCUT2D eigenvalue weighted by molar-refractivity contribution is 5.76. The highest BCUT2D eigenvalue weighted by atomic mass is 16.5. The number of ether oxygens (including phenoxy) is 1. The normalized spacial score (nSPS) is 11.9. The summed E-state index contributed by atoms with van der Waals surface area (Å²) in [5.74, 6) is 0.768. The van der Waals surface area contributed by atoms with E-state index >= 15 is 0 Å². The summed E-state index contributed by atoms with van der Waals surface area (Å²) >= 11 is 0. The fourth-order valence-corrected chi connectivity index (χ4v) is 1.41. The first-order valence-corrected chi connectivity index (χ1v) is 5.93. The maximum Gasteiger partial charge on any atom is 0.223 e. The number of rotatable bonds is 7. The van der Waals surface area contributed by atoms with Gasteiger partial charge in [0.1, 0.15) is 5.75 Å². The van der Waals surface area contributed by atoms with Crippen molar-refractivity contribution in [2.75, 3.05) is 13.2 Å². The molecule has 4 heteroatoms. The number of hydrogen-bond donors (Lipinski definition) is 2. The molecule has 0 saturated carbocycles. The van der Waals surface area contributed by atoms with E-state index < -0.39 is 0 Å². The van der Waals surface area contributed by atoms with Gasteiger partial charge in [-0.3, -0.25) is 4.79 Å². The second kappa shape index (κ2) is 7.68. The van der Waals surface area contributed by atoms with Gasteiger partial charge in [0, 0.05) is 12.6 Å². The van der Waals surface area contributed by atoms with Crippen LogP contribution in [0.15, 0.2) is 30.3 Å². The van der Waals surface area contributed by atoms with Crippen LogP contribution in [-0.2, 0) is 4.79 Å². The average Bonchev–Trinajstić information content (AvgIpc) is 2.37. The zero-order chi connectivity index (χ0) is 12.5. The maximum atomic E-state index is 11.5. The summed E-state index contributed by atoms with van der Waals surface area (Å²) in [6.45, 7) is 2.86. The third-order valence-corrected chi connectivity index (χ3v) is 2.48. The summed E-state index contributed by atoms with van der Waals surface area (Å²) < 4.78 is 5.43. The molecule has 4 nitrogen and oxygen atoms in total. The van der Waals surface area contributed by atoms with Gasteiger partial charge in [0.05, 0.1) is 13.0 Å². The number of carbonyl (C=O) groups excluding carboxylic acids is 1. The standard InChI is InChI=1S/C13H20N2O2/c1-2-11(10-14)15-13(16)8-9-17-12-6-4-3-5-7-12/h3-7,11H,2,8-10,14H2,1H3,(H,15,16). The van der Waals surface area contributed by atoms with E-state index in [1.807, 2.05) is 37.3 Å². The van der Waals surface area contributed by atoms with Gasteiger partial charge >= 0.3 is 0 Å². The minimum Gasteiger partial charge on any atom is -0.493 e. The smallest absolute Gasteiger partial charge is 0.223 e. The van der Waals surface area contributed by atoms with Crippen molar-refractivity contribution in [1.29, 1.82) is 0 Å². The minimum atomic E-state index is -0.0155. The number of benzene rings is 1. The van der Waals surface area contributed by atoms with Crippen molar-refractivity contribution < 1.29 is 9.53 Å². The summed E-state index contributed by atoms with van der Waals surface area (Å²) in [7, 11) is 0. The van der Waals surface area contributed by atoms with Crippen molar-refractivity contribution in [2.45, 2.75) is 25.8 Å². The van der Waals surface area contributed by atoms with Gasteiger partial charge in [0.25, 0.3) is 0 Å². The predicted octanol–water partition coefficient (Wildman–Crippen LogP) is 1.31. The Morgan fingerprint density at radius 3 is 2.71 bits per heavy atom. The predicted molar refractivity (Wildman–Crippen MR) is 67.8 cm³/mol. The van der Waals surface area contributed by atoms with Crippen LogP contribution in [0.25, 0.3) is 0 Å². The fraction of sp³-hybridized carbons (Fsp3) is 0.462. The van der Waals surface area contributed by atoms with Crippen molar-refractivity contribution >= 4 is 5.91 Å². The van der Waals surface area contributed by atoms with Crippen molar-refractivity contribution in [1.82, 2.24) is 5.32 Å². The van der Waals surface area contributed by atoms with Gasteiger partial charge in [-0.2, -0.15) is 0 Å². The van der Waals surface area contributed by atoms with Crippen LogP contribution in [0.1, 0.15) is 19.8 Å². The van der Waals surface area contributed by atoms with Crippen LogP contribution in [0.3, 0.4) is 0 Å². The Hall–Kier alpha value is -1.55. The molecule has 1 rings (SSSR count). The van der Waals surface area contributed by atoms with Gasteiger partial charge in [-0.05, 0) is 18.6 Å². The number of nitrogens with one attached hydrogen (secondary N) is 1. The first kappa shape index (κ1) is 13.5. The topological polar surface area (TPSA) is 64.3 Å². The molecule has 0 radical (unpaired) electrons. The van der Waals surface area contributed by atoms with Crippen LogP contribution in [0, 0.1) is 0 Å². The van der Waals surface area contributed by atoms with Crippen molar-refractivity contribution in [3.63, 3.8) is 0 Å². The second-order valence-corrected chi connectivity index (χ2v) is 3.82. The van der Waals surface area contributed by atoms with Gasteiger partial charge in [0.15, 0.2) is 0 Å². The molecule has 1 aromatic carbocycles. The van der Waals surface area contributed by atoms with E-state index in [9.17, 15) is 4.79 Å². The van der Waals surface area contributed by atoms with Gasteiger partial charge in [-0.15, -0.1) is 0 Å². The van der Waals surface area contributed by atoms with Crippen molar-refractivity contribution in [3.8, 4) is 5.75 Å². The SMILES string of the molecule is CCC(CN)NC(=O)CCOc1ccccc1. The first-order chi connectivity index (χ1) is 8.26. The lowest BCUT2D eigenvalue weighted by atomic mass is 10.2. The van der Waals surface area contributed by atoms with E-state index in [2.05, 4.69) is 5.32 Å². The number of hydrogen-bond acceptors (Lipinski definition) is 3. The lowest BCUT2D eigenvalue weighted by Crippen LogP contribution is -2.40. The lowest BCUT2D eigenvalue weighted by Gasteiger charge is -2.14. The largest absolute Gasteiger partial charge is 0.493 e. The Kier molecular flexibility index (Phi) is 6.10. The molecule has 1 amide bonds. The van der Waals surface area contributed by atoms with Gasteiger partial charge in [0.2, 0.25) is 5.91 Å². The highest BCUT2D eigenvalue weighted by Gasteiger charge is 2.08. The van der Waals surface area contributed by atoms with E-state index in [1.54, 1.807) is 0 Å². The van der Waals surface area contributed by atoms with Gasteiger partial charge < -0.3 is 15.8 Å². The summed E-state index contributed by atoms with van der Waals surface area (Å²) in [4.78, 5) is 11.5. The van der Waals surface area contributed by atoms with Crippen LogP contribution in [0.2, 0.25) is 0 Å². The van der Waals surface area contributed by atoms with Crippen LogP contribution in [0.4, 0.5) is 0 Å². The third kappa shape index (κ3) is 5.36. The number of amides is 1. The summed E-state index contributed by atoms with van der Waals surface area (Å²) in [6.07, 6.45) is 1.20. The molecule has 0 aliphatic heterocycles. The van der Waals surface area contributed by atoms with Gasteiger partial charge in [-0.1, -0.05) is 25.1 Å². The number of nitrogens with two attached hydrogens (primary N) is 1. The maximum absolute atomic E-state index is 11.5. The molecule has 0 spiro atoms. The average molecular weight is 236 g/mol. The second-order valence-electron chi connectivity index (χ2n) is 3.82. The van der Waals surface area contributed by atoms with E-state index in [1.165, 1.54) is 0 Å². The van der Waals surface area contributed by atoms with Crippen LogP contribution < -0.4 is 15.8 Å². The molecule has 1 aromatic rings.